The quantitative estimate of drug-likeness (QED) is 0.289. The molecule has 1 atom stereocenters. The van der Waals surface area contributed by atoms with E-state index in [1.54, 1.807) is 6.07 Å². The number of benzene rings is 1. The van der Waals surface area contributed by atoms with Crippen molar-refractivity contribution in [1.29, 1.82) is 5.26 Å². The third kappa shape index (κ3) is 5.15. The summed E-state index contributed by atoms with van der Waals surface area (Å²) in [4.78, 5) is 31.6. The fraction of sp³-hybridized carbons (Fsp3) is 0.387. The summed E-state index contributed by atoms with van der Waals surface area (Å²) in [5.74, 6) is 0.457. The van der Waals surface area contributed by atoms with Gasteiger partial charge in [-0.2, -0.15) is 10.2 Å². The lowest BCUT2D eigenvalue weighted by Crippen LogP contribution is -2.40. The van der Waals surface area contributed by atoms with E-state index in [4.69, 9.17) is 9.15 Å². The fourth-order valence-corrected chi connectivity index (χ4v) is 5.27. The van der Waals surface area contributed by atoms with Crippen LogP contribution >= 0.6 is 0 Å². The highest BCUT2D eigenvalue weighted by Crippen LogP contribution is 2.37. The molecule has 1 aliphatic rings. The molecular formula is C31H34N6O3. The van der Waals surface area contributed by atoms with E-state index in [1.165, 1.54) is 12.6 Å². The van der Waals surface area contributed by atoms with Crippen molar-refractivity contribution in [3.63, 3.8) is 0 Å². The third-order valence-corrected chi connectivity index (χ3v) is 7.73. The van der Waals surface area contributed by atoms with Crippen molar-refractivity contribution in [2.45, 2.75) is 46.6 Å². The van der Waals surface area contributed by atoms with Gasteiger partial charge in [-0.25, -0.2) is 4.98 Å². The molecular weight excluding hydrogens is 504 g/mol. The number of nitriles is 1. The van der Waals surface area contributed by atoms with E-state index in [1.807, 2.05) is 31.7 Å². The molecule has 5 rings (SSSR count). The number of amides is 1. The SMILES string of the molecule is CCOc1cc(C(C)N2CCc3c(cc(CCN(C)CC)cc3-c3cc4ocnc4nc3C)C2=O)ncc1C#N. The fourth-order valence-electron chi connectivity index (χ4n) is 5.27. The van der Waals surface area contributed by atoms with Gasteiger partial charge >= 0.3 is 0 Å². The molecule has 1 aliphatic heterocycles. The summed E-state index contributed by atoms with van der Waals surface area (Å²) in [5, 5.41) is 9.43. The summed E-state index contributed by atoms with van der Waals surface area (Å²) in [5.41, 5.74) is 7.93. The molecule has 9 nitrogen and oxygen atoms in total. The van der Waals surface area contributed by atoms with Gasteiger partial charge in [-0.1, -0.05) is 13.0 Å². The van der Waals surface area contributed by atoms with Crippen LogP contribution in [0, 0.1) is 18.3 Å². The third-order valence-electron chi connectivity index (χ3n) is 7.73. The van der Waals surface area contributed by atoms with E-state index in [-0.39, 0.29) is 11.9 Å². The molecule has 1 amide bonds. The summed E-state index contributed by atoms with van der Waals surface area (Å²) in [6.07, 6.45) is 4.44. The summed E-state index contributed by atoms with van der Waals surface area (Å²) in [6, 6.07) is 9.85. The number of pyridine rings is 2. The van der Waals surface area contributed by atoms with Gasteiger partial charge in [0.2, 0.25) is 0 Å². The van der Waals surface area contributed by atoms with Gasteiger partial charge in [0, 0.05) is 42.2 Å². The van der Waals surface area contributed by atoms with Crippen molar-refractivity contribution in [3.05, 3.63) is 70.5 Å². The predicted octanol–water partition coefficient (Wildman–Crippen LogP) is 5.12. The molecule has 1 unspecified atom stereocenters. The zero-order valence-corrected chi connectivity index (χ0v) is 23.7. The number of ether oxygens (including phenoxy) is 1. The Hall–Kier alpha value is -4.29. The van der Waals surface area contributed by atoms with Crippen molar-refractivity contribution < 1.29 is 13.9 Å². The smallest absolute Gasteiger partial charge is 0.254 e. The normalized spacial score (nSPS) is 13.9. The molecule has 0 aliphatic carbocycles. The molecule has 1 aromatic carbocycles. The Morgan fingerprint density at radius 1 is 1.18 bits per heavy atom. The van der Waals surface area contributed by atoms with E-state index < -0.39 is 0 Å². The van der Waals surface area contributed by atoms with Gasteiger partial charge in [-0.15, -0.1) is 0 Å². The van der Waals surface area contributed by atoms with Gasteiger partial charge in [-0.05, 0) is 76.0 Å². The Morgan fingerprint density at radius 2 is 1.98 bits per heavy atom. The summed E-state index contributed by atoms with van der Waals surface area (Å²) >= 11 is 0. The van der Waals surface area contributed by atoms with Crippen LogP contribution in [0.25, 0.3) is 22.4 Å². The van der Waals surface area contributed by atoms with Gasteiger partial charge in [0.05, 0.1) is 18.3 Å². The van der Waals surface area contributed by atoms with E-state index in [0.29, 0.717) is 53.4 Å². The first-order valence-electron chi connectivity index (χ1n) is 13.7. The highest BCUT2D eigenvalue weighted by Gasteiger charge is 2.32. The first-order chi connectivity index (χ1) is 19.3. The van der Waals surface area contributed by atoms with E-state index in [2.05, 4.69) is 52.0 Å². The van der Waals surface area contributed by atoms with Crippen molar-refractivity contribution in [2.24, 2.45) is 0 Å². The summed E-state index contributed by atoms with van der Waals surface area (Å²) in [7, 11) is 2.10. The lowest BCUT2D eigenvalue weighted by Gasteiger charge is -2.35. The van der Waals surface area contributed by atoms with Crippen LogP contribution in [-0.4, -0.2) is 63.9 Å². The minimum Gasteiger partial charge on any atom is -0.492 e. The monoisotopic (exact) mass is 538 g/mol. The maximum absolute atomic E-state index is 14.1. The maximum Gasteiger partial charge on any atom is 0.254 e. The van der Waals surface area contributed by atoms with E-state index in [0.717, 1.165) is 47.5 Å². The predicted molar refractivity (Wildman–Crippen MR) is 152 cm³/mol. The second-order valence-electron chi connectivity index (χ2n) is 10.2. The number of aromatic nitrogens is 3. The Kier molecular flexibility index (Phi) is 7.81. The number of carbonyl (C=O) groups is 1. The van der Waals surface area contributed by atoms with E-state index >= 15 is 0 Å². The van der Waals surface area contributed by atoms with Crippen LogP contribution in [0.1, 0.15) is 65.2 Å². The van der Waals surface area contributed by atoms with Crippen LogP contribution in [0.2, 0.25) is 0 Å². The Morgan fingerprint density at radius 3 is 2.73 bits per heavy atom. The summed E-state index contributed by atoms with van der Waals surface area (Å²) in [6.45, 7) is 10.8. The highest BCUT2D eigenvalue weighted by atomic mass is 16.5. The first kappa shape index (κ1) is 27.3. The average Bonchev–Trinajstić information content (AvgIpc) is 3.42. The number of rotatable bonds is 9. The Balaban J connectivity index is 1.56. The zero-order valence-electron chi connectivity index (χ0n) is 23.7. The van der Waals surface area contributed by atoms with Gasteiger partial charge in [-0.3, -0.25) is 9.78 Å². The standard InChI is InChI=1S/C31H34N6O3/c1-6-36(5)10-8-21-12-25(24-14-29-30(34-18-40-29)35-19(24)3)23-9-11-37(31(38)26(23)13-21)20(4)27-15-28(39-7-2)22(16-32)17-33-27/h12-15,17-18,20H,6-11H2,1-5H3. The number of carbonyl (C=O) groups excluding carboxylic acids is 1. The highest BCUT2D eigenvalue weighted by molar-refractivity contribution is 5.99. The molecule has 0 spiro atoms. The number of nitrogens with zero attached hydrogens (tertiary/aromatic N) is 6. The van der Waals surface area contributed by atoms with Crippen molar-refractivity contribution in [1.82, 2.24) is 24.8 Å². The van der Waals surface area contributed by atoms with E-state index in [9.17, 15) is 10.1 Å². The molecule has 0 N–H and O–H groups in total. The van der Waals surface area contributed by atoms with Crippen LogP contribution in [-0.2, 0) is 12.8 Å². The van der Waals surface area contributed by atoms with Crippen molar-refractivity contribution in [3.8, 4) is 22.9 Å². The molecule has 206 valence electrons. The van der Waals surface area contributed by atoms with Crippen LogP contribution in [0.5, 0.6) is 5.75 Å². The molecule has 40 heavy (non-hydrogen) atoms. The molecule has 4 heterocycles. The van der Waals surface area contributed by atoms with Gasteiger partial charge in [0.1, 0.15) is 17.4 Å². The molecule has 0 bridgehead atoms. The minimum absolute atomic E-state index is 0.0313. The number of aryl methyl sites for hydroxylation is 1. The van der Waals surface area contributed by atoms with Crippen LogP contribution < -0.4 is 4.74 Å². The molecule has 0 saturated carbocycles. The van der Waals surface area contributed by atoms with Crippen molar-refractivity contribution >= 4 is 17.1 Å². The maximum atomic E-state index is 14.1. The minimum atomic E-state index is -0.292. The number of hydrogen-bond acceptors (Lipinski definition) is 8. The Bertz CT molecular complexity index is 1600. The largest absolute Gasteiger partial charge is 0.492 e. The van der Waals surface area contributed by atoms with Crippen molar-refractivity contribution in [2.75, 3.05) is 33.3 Å². The molecule has 4 aromatic rings. The second kappa shape index (κ2) is 11.4. The second-order valence-corrected chi connectivity index (χ2v) is 10.2. The number of oxazole rings is 1. The molecule has 0 fully saturated rings. The molecule has 0 saturated heterocycles. The number of fused-ring (bicyclic) bond motifs is 2. The molecule has 3 aromatic heterocycles. The van der Waals surface area contributed by atoms with Crippen LogP contribution in [0.15, 0.2) is 41.3 Å². The molecule has 0 radical (unpaired) electrons. The van der Waals surface area contributed by atoms with Gasteiger partial charge in [0.15, 0.2) is 17.6 Å². The summed E-state index contributed by atoms with van der Waals surface area (Å²) < 4.78 is 11.2. The Labute approximate surface area is 234 Å². The van der Waals surface area contributed by atoms with Crippen LogP contribution in [0.4, 0.5) is 0 Å². The lowest BCUT2D eigenvalue weighted by molar-refractivity contribution is 0.0669. The van der Waals surface area contributed by atoms with Crippen LogP contribution in [0.3, 0.4) is 0 Å². The van der Waals surface area contributed by atoms with Gasteiger partial charge < -0.3 is 19.0 Å². The van der Waals surface area contributed by atoms with Gasteiger partial charge in [0.25, 0.3) is 5.91 Å². The lowest BCUT2D eigenvalue weighted by atomic mass is 9.86. The topological polar surface area (TPSA) is 108 Å². The number of hydrogen-bond donors (Lipinski definition) is 0. The average molecular weight is 539 g/mol. The first-order valence-corrected chi connectivity index (χ1v) is 13.7. The zero-order chi connectivity index (χ0) is 28.4. The molecule has 9 heteroatoms. The number of likely N-dealkylation sites (N-methyl/N-ethyl adjacent to an activating group) is 1.